The third-order valence-corrected chi connectivity index (χ3v) is 4.75. The highest BCUT2D eigenvalue weighted by Crippen LogP contribution is 2.41. The summed E-state index contributed by atoms with van der Waals surface area (Å²) in [4.78, 5) is 14.7. The van der Waals surface area contributed by atoms with E-state index in [2.05, 4.69) is 23.5 Å². The van der Waals surface area contributed by atoms with E-state index >= 15 is 0 Å². The Balaban J connectivity index is 1.82. The molecule has 3 heteroatoms. The van der Waals surface area contributed by atoms with Crippen LogP contribution in [0.1, 0.15) is 37.3 Å². The van der Waals surface area contributed by atoms with Crippen LogP contribution in [-0.2, 0) is 5.54 Å². The van der Waals surface area contributed by atoms with Crippen molar-refractivity contribution in [2.45, 2.75) is 38.6 Å². The Kier molecular flexibility index (Phi) is 4.37. The monoisotopic (exact) mass is 308 g/mol. The van der Waals surface area contributed by atoms with Crippen LogP contribution in [0.3, 0.4) is 0 Å². The number of benzene rings is 2. The van der Waals surface area contributed by atoms with Gasteiger partial charge in [0.05, 0.1) is 5.54 Å². The molecule has 0 aromatic heterocycles. The van der Waals surface area contributed by atoms with E-state index < -0.39 is 0 Å². The van der Waals surface area contributed by atoms with Crippen molar-refractivity contribution < 1.29 is 4.79 Å². The van der Waals surface area contributed by atoms with Gasteiger partial charge in [0, 0.05) is 12.2 Å². The first-order valence-corrected chi connectivity index (χ1v) is 8.36. The zero-order valence-corrected chi connectivity index (χ0v) is 13.9. The molecule has 0 spiro atoms. The summed E-state index contributed by atoms with van der Waals surface area (Å²) in [6.45, 7) is 4.71. The van der Waals surface area contributed by atoms with Crippen LogP contribution in [0.15, 0.2) is 54.6 Å². The fourth-order valence-electron chi connectivity index (χ4n) is 3.28. The summed E-state index contributed by atoms with van der Waals surface area (Å²) < 4.78 is 0. The van der Waals surface area contributed by atoms with Crippen molar-refractivity contribution in [3.63, 3.8) is 0 Å². The fraction of sp³-hybridized carbons (Fsp3) is 0.350. The van der Waals surface area contributed by atoms with Gasteiger partial charge in [-0.15, -0.1) is 0 Å². The van der Waals surface area contributed by atoms with Crippen LogP contribution < -0.4 is 10.2 Å². The molecule has 0 unspecified atom stereocenters. The van der Waals surface area contributed by atoms with Gasteiger partial charge in [-0.25, -0.2) is 4.79 Å². The topological polar surface area (TPSA) is 32.3 Å². The van der Waals surface area contributed by atoms with E-state index in [1.165, 1.54) is 5.56 Å². The lowest BCUT2D eigenvalue weighted by Crippen LogP contribution is -2.55. The lowest BCUT2D eigenvalue weighted by atomic mass is 9.72. The van der Waals surface area contributed by atoms with Gasteiger partial charge in [-0.05, 0) is 56.4 Å². The fourth-order valence-corrected chi connectivity index (χ4v) is 3.28. The van der Waals surface area contributed by atoms with Gasteiger partial charge in [-0.3, -0.25) is 4.90 Å². The molecule has 0 heterocycles. The van der Waals surface area contributed by atoms with Crippen molar-refractivity contribution in [1.82, 2.24) is 5.32 Å². The summed E-state index contributed by atoms with van der Waals surface area (Å²) in [5.74, 6) is 0. The molecule has 3 rings (SSSR count). The Morgan fingerprint density at radius 1 is 1.13 bits per heavy atom. The van der Waals surface area contributed by atoms with Gasteiger partial charge in [0.1, 0.15) is 0 Å². The molecular weight excluding hydrogens is 284 g/mol. The number of rotatable bonds is 4. The molecule has 0 bridgehead atoms. The maximum absolute atomic E-state index is 12.9. The summed E-state index contributed by atoms with van der Waals surface area (Å²) in [5.41, 5.74) is 3.12. The Morgan fingerprint density at radius 3 is 2.43 bits per heavy atom. The largest absolute Gasteiger partial charge is 0.328 e. The smallest absolute Gasteiger partial charge is 0.322 e. The molecule has 1 aliphatic rings. The normalized spacial score (nSPS) is 15.6. The van der Waals surface area contributed by atoms with Gasteiger partial charge in [-0.1, -0.05) is 42.5 Å². The molecule has 1 saturated carbocycles. The van der Waals surface area contributed by atoms with Crippen molar-refractivity contribution >= 4 is 11.7 Å². The maximum Gasteiger partial charge on any atom is 0.322 e. The second-order valence-electron chi connectivity index (χ2n) is 6.32. The maximum atomic E-state index is 12.9. The number of urea groups is 1. The predicted octanol–water partition coefficient (Wildman–Crippen LogP) is 4.61. The minimum Gasteiger partial charge on any atom is -0.328 e. The van der Waals surface area contributed by atoms with Crippen molar-refractivity contribution in [3.05, 3.63) is 65.7 Å². The van der Waals surface area contributed by atoms with Crippen LogP contribution in [0, 0.1) is 6.92 Å². The van der Waals surface area contributed by atoms with Crippen LogP contribution in [0.2, 0.25) is 0 Å². The average Bonchev–Trinajstić information content (AvgIpc) is 2.52. The lowest BCUT2D eigenvalue weighted by molar-refractivity contribution is 0.181. The number of anilines is 1. The molecule has 2 amide bonds. The third kappa shape index (κ3) is 3.09. The van der Waals surface area contributed by atoms with E-state index in [1.54, 1.807) is 0 Å². The number of aryl methyl sites for hydroxylation is 1. The van der Waals surface area contributed by atoms with Gasteiger partial charge >= 0.3 is 6.03 Å². The summed E-state index contributed by atoms with van der Waals surface area (Å²) in [7, 11) is 0. The number of amides is 2. The van der Waals surface area contributed by atoms with Gasteiger partial charge in [-0.2, -0.15) is 0 Å². The van der Waals surface area contributed by atoms with Crippen molar-refractivity contribution in [1.29, 1.82) is 0 Å². The standard InChI is InChI=1S/C20H24N2O/c1-3-22(18-12-7-9-16(2)15-18)19(23)21-20(13-8-14-20)17-10-5-4-6-11-17/h4-7,9-12,15H,3,8,13-14H2,1-2H3,(H,21,23). The summed E-state index contributed by atoms with van der Waals surface area (Å²) in [5, 5.41) is 3.30. The molecule has 0 radical (unpaired) electrons. The Hall–Kier alpha value is -2.29. The van der Waals surface area contributed by atoms with E-state index in [1.807, 2.05) is 55.1 Å². The van der Waals surface area contributed by atoms with Crippen molar-refractivity contribution in [2.24, 2.45) is 0 Å². The van der Waals surface area contributed by atoms with E-state index in [0.29, 0.717) is 6.54 Å². The Bertz CT molecular complexity index is 677. The number of carbonyl (C=O) groups excluding carboxylic acids is 1. The molecule has 23 heavy (non-hydrogen) atoms. The molecule has 0 aliphatic heterocycles. The highest BCUT2D eigenvalue weighted by Gasteiger charge is 2.40. The highest BCUT2D eigenvalue weighted by molar-refractivity contribution is 5.92. The van der Waals surface area contributed by atoms with Crippen LogP contribution in [-0.4, -0.2) is 12.6 Å². The summed E-state index contributed by atoms with van der Waals surface area (Å²) in [6.07, 6.45) is 3.17. The first-order valence-electron chi connectivity index (χ1n) is 8.36. The predicted molar refractivity (Wildman–Crippen MR) is 94.7 cm³/mol. The highest BCUT2D eigenvalue weighted by atomic mass is 16.2. The van der Waals surface area contributed by atoms with E-state index in [9.17, 15) is 4.79 Å². The Morgan fingerprint density at radius 2 is 1.87 bits per heavy atom. The molecule has 3 nitrogen and oxygen atoms in total. The minimum atomic E-state index is -0.199. The van der Waals surface area contributed by atoms with Crippen LogP contribution in [0.5, 0.6) is 0 Å². The molecule has 120 valence electrons. The minimum absolute atomic E-state index is 0.0124. The van der Waals surface area contributed by atoms with Gasteiger partial charge in [0.15, 0.2) is 0 Å². The SMILES string of the molecule is CCN(C(=O)NC1(c2ccccc2)CCC1)c1cccc(C)c1. The number of nitrogens with zero attached hydrogens (tertiary/aromatic N) is 1. The molecule has 2 aromatic rings. The van der Waals surface area contributed by atoms with Crippen molar-refractivity contribution in [2.75, 3.05) is 11.4 Å². The van der Waals surface area contributed by atoms with Crippen LogP contribution in [0.25, 0.3) is 0 Å². The molecule has 1 N–H and O–H groups in total. The molecule has 2 aromatic carbocycles. The quantitative estimate of drug-likeness (QED) is 0.879. The molecular formula is C20H24N2O. The van der Waals surface area contributed by atoms with E-state index in [-0.39, 0.29) is 11.6 Å². The van der Waals surface area contributed by atoms with Crippen LogP contribution >= 0.6 is 0 Å². The summed E-state index contributed by atoms with van der Waals surface area (Å²) in [6, 6.07) is 18.4. The van der Waals surface area contributed by atoms with Crippen LogP contribution in [0.4, 0.5) is 10.5 Å². The second kappa shape index (κ2) is 6.45. The van der Waals surface area contributed by atoms with Gasteiger partial charge < -0.3 is 5.32 Å². The number of hydrogen-bond donors (Lipinski definition) is 1. The third-order valence-electron chi connectivity index (χ3n) is 4.75. The molecule has 0 atom stereocenters. The average molecular weight is 308 g/mol. The molecule has 0 saturated heterocycles. The first kappa shape index (κ1) is 15.6. The Labute approximate surface area is 138 Å². The number of hydrogen-bond acceptors (Lipinski definition) is 1. The molecule has 1 fully saturated rings. The zero-order chi connectivity index (χ0) is 16.3. The van der Waals surface area contributed by atoms with E-state index in [4.69, 9.17) is 0 Å². The number of carbonyl (C=O) groups is 1. The lowest BCUT2D eigenvalue weighted by Gasteiger charge is -2.44. The number of nitrogens with one attached hydrogen (secondary N) is 1. The first-order chi connectivity index (χ1) is 11.1. The van der Waals surface area contributed by atoms with E-state index in [0.717, 1.165) is 30.5 Å². The summed E-state index contributed by atoms with van der Waals surface area (Å²) >= 11 is 0. The molecule has 1 aliphatic carbocycles. The van der Waals surface area contributed by atoms with Gasteiger partial charge in [0.2, 0.25) is 0 Å². The van der Waals surface area contributed by atoms with Gasteiger partial charge in [0.25, 0.3) is 0 Å². The second-order valence-corrected chi connectivity index (χ2v) is 6.32. The van der Waals surface area contributed by atoms with Crippen molar-refractivity contribution in [3.8, 4) is 0 Å². The zero-order valence-electron chi connectivity index (χ0n) is 13.9.